The van der Waals surface area contributed by atoms with Crippen LogP contribution < -0.4 is 10.1 Å². The lowest BCUT2D eigenvalue weighted by Gasteiger charge is -2.19. The van der Waals surface area contributed by atoms with Gasteiger partial charge in [-0.3, -0.25) is 0 Å². The SMILES string of the molecule is CCN(CC)CCCNC(C)c1ccc(OC(F)F)cc1. The average Bonchev–Trinajstić information content (AvgIpc) is 2.47. The third-order valence-corrected chi connectivity index (χ3v) is 3.60. The number of hydrogen-bond donors (Lipinski definition) is 1. The first-order valence-electron chi connectivity index (χ1n) is 7.57. The molecule has 1 aromatic rings. The maximum Gasteiger partial charge on any atom is 0.387 e. The Balaban J connectivity index is 2.33. The summed E-state index contributed by atoms with van der Waals surface area (Å²) in [6.07, 6.45) is 1.10. The molecule has 5 heteroatoms. The highest BCUT2D eigenvalue weighted by Crippen LogP contribution is 2.19. The van der Waals surface area contributed by atoms with Crippen molar-refractivity contribution >= 4 is 0 Å². The molecular weight excluding hydrogens is 274 g/mol. The van der Waals surface area contributed by atoms with Gasteiger partial charge in [-0.15, -0.1) is 0 Å². The van der Waals surface area contributed by atoms with Crippen LogP contribution in [0.2, 0.25) is 0 Å². The molecule has 0 aliphatic carbocycles. The molecule has 0 aliphatic rings. The molecular formula is C16H26F2N2O. The van der Waals surface area contributed by atoms with Gasteiger partial charge in [-0.25, -0.2) is 0 Å². The Labute approximate surface area is 126 Å². The van der Waals surface area contributed by atoms with Crippen molar-refractivity contribution in [1.82, 2.24) is 10.2 Å². The molecule has 0 amide bonds. The van der Waals surface area contributed by atoms with Crippen molar-refractivity contribution in [3.63, 3.8) is 0 Å². The summed E-state index contributed by atoms with van der Waals surface area (Å²) in [5.41, 5.74) is 1.07. The Morgan fingerprint density at radius 3 is 2.29 bits per heavy atom. The molecule has 0 heterocycles. The number of alkyl halides is 2. The molecule has 0 spiro atoms. The molecule has 0 aromatic heterocycles. The standard InChI is InChI=1S/C16H26F2N2O/c1-4-20(5-2)12-6-11-19-13(3)14-7-9-15(10-8-14)21-16(17)18/h7-10,13,16,19H,4-6,11-12H2,1-3H3. The van der Waals surface area contributed by atoms with Crippen LogP contribution in [0.5, 0.6) is 5.75 Å². The number of benzene rings is 1. The molecule has 1 rings (SSSR count). The van der Waals surface area contributed by atoms with Crippen molar-refractivity contribution in [2.45, 2.75) is 39.8 Å². The van der Waals surface area contributed by atoms with Crippen LogP contribution in [0.1, 0.15) is 38.8 Å². The predicted octanol–water partition coefficient (Wildman–Crippen LogP) is 3.67. The van der Waals surface area contributed by atoms with Gasteiger partial charge in [0.25, 0.3) is 0 Å². The number of nitrogens with one attached hydrogen (secondary N) is 1. The smallest absolute Gasteiger partial charge is 0.387 e. The number of ether oxygens (including phenoxy) is 1. The second kappa shape index (κ2) is 9.68. The monoisotopic (exact) mass is 300 g/mol. The summed E-state index contributed by atoms with van der Waals surface area (Å²) in [5.74, 6) is 0.197. The highest BCUT2D eigenvalue weighted by atomic mass is 19.3. The summed E-state index contributed by atoms with van der Waals surface area (Å²) < 4.78 is 28.5. The molecule has 1 N–H and O–H groups in total. The highest BCUT2D eigenvalue weighted by Gasteiger charge is 2.07. The minimum Gasteiger partial charge on any atom is -0.435 e. The van der Waals surface area contributed by atoms with E-state index in [1.807, 2.05) is 12.1 Å². The molecule has 3 nitrogen and oxygen atoms in total. The van der Waals surface area contributed by atoms with Gasteiger partial charge in [0, 0.05) is 6.04 Å². The highest BCUT2D eigenvalue weighted by molar-refractivity contribution is 5.28. The van der Waals surface area contributed by atoms with E-state index in [9.17, 15) is 8.78 Å². The van der Waals surface area contributed by atoms with E-state index in [0.29, 0.717) is 0 Å². The van der Waals surface area contributed by atoms with Crippen LogP contribution in [0.15, 0.2) is 24.3 Å². The molecule has 21 heavy (non-hydrogen) atoms. The Kier molecular flexibility index (Phi) is 8.23. The van der Waals surface area contributed by atoms with Gasteiger partial charge in [-0.05, 0) is 57.2 Å². The molecule has 0 fully saturated rings. The van der Waals surface area contributed by atoms with Crippen LogP contribution in [-0.4, -0.2) is 37.7 Å². The van der Waals surface area contributed by atoms with Crippen molar-refractivity contribution in [3.05, 3.63) is 29.8 Å². The Morgan fingerprint density at radius 2 is 1.76 bits per heavy atom. The molecule has 0 aliphatic heterocycles. The molecule has 1 atom stereocenters. The predicted molar refractivity (Wildman–Crippen MR) is 81.9 cm³/mol. The van der Waals surface area contributed by atoms with Crippen LogP contribution in [0.25, 0.3) is 0 Å². The van der Waals surface area contributed by atoms with Crippen LogP contribution in [0.3, 0.4) is 0 Å². The van der Waals surface area contributed by atoms with Gasteiger partial charge < -0.3 is 15.0 Å². The summed E-state index contributed by atoms with van der Waals surface area (Å²) in [5, 5.41) is 3.45. The molecule has 120 valence electrons. The quantitative estimate of drug-likeness (QED) is 0.667. The Bertz CT molecular complexity index is 380. The van der Waals surface area contributed by atoms with E-state index in [1.165, 1.54) is 0 Å². The first-order chi connectivity index (χ1) is 10.1. The largest absolute Gasteiger partial charge is 0.435 e. The Morgan fingerprint density at radius 1 is 1.14 bits per heavy atom. The normalized spacial score (nSPS) is 12.9. The fourth-order valence-electron chi connectivity index (χ4n) is 2.22. The topological polar surface area (TPSA) is 24.5 Å². The van der Waals surface area contributed by atoms with Crippen molar-refractivity contribution in [2.24, 2.45) is 0 Å². The number of hydrogen-bond acceptors (Lipinski definition) is 3. The third-order valence-electron chi connectivity index (χ3n) is 3.60. The lowest BCUT2D eigenvalue weighted by Crippen LogP contribution is -2.28. The van der Waals surface area contributed by atoms with E-state index < -0.39 is 6.61 Å². The van der Waals surface area contributed by atoms with Gasteiger partial charge in [0.2, 0.25) is 0 Å². The van der Waals surface area contributed by atoms with E-state index in [4.69, 9.17) is 0 Å². The maximum absolute atomic E-state index is 12.1. The first kappa shape index (κ1) is 17.9. The molecule has 1 unspecified atom stereocenters. The lowest BCUT2D eigenvalue weighted by molar-refractivity contribution is -0.0498. The third kappa shape index (κ3) is 6.87. The minimum atomic E-state index is -2.77. The van der Waals surface area contributed by atoms with Crippen LogP contribution in [0, 0.1) is 0 Å². The van der Waals surface area contributed by atoms with Crippen molar-refractivity contribution in [3.8, 4) is 5.75 Å². The first-order valence-corrected chi connectivity index (χ1v) is 7.57. The maximum atomic E-state index is 12.1. The average molecular weight is 300 g/mol. The van der Waals surface area contributed by atoms with E-state index in [1.54, 1.807) is 12.1 Å². The van der Waals surface area contributed by atoms with E-state index in [2.05, 4.69) is 35.7 Å². The van der Waals surface area contributed by atoms with E-state index >= 15 is 0 Å². The van der Waals surface area contributed by atoms with E-state index in [0.717, 1.165) is 38.2 Å². The number of nitrogens with zero attached hydrogens (tertiary/aromatic N) is 1. The van der Waals surface area contributed by atoms with Gasteiger partial charge in [0.1, 0.15) is 5.75 Å². The summed E-state index contributed by atoms with van der Waals surface area (Å²) >= 11 is 0. The zero-order valence-electron chi connectivity index (χ0n) is 13.1. The number of rotatable bonds is 10. The zero-order valence-corrected chi connectivity index (χ0v) is 13.1. The molecule has 1 aromatic carbocycles. The van der Waals surface area contributed by atoms with Gasteiger partial charge >= 0.3 is 6.61 Å². The minimum absolute atomic E-state index is 0.197. The van der Waals surface area contributed by atoms with Gasteiger partial charge in [0.05, 0.1) is 0 Å². The van der Waals surface area contributed by atoms with Crippen LogP contribution in [0.4, 0.5) is 8.78 Å². The van der Waals surface area contributed by atoms with E-state index in [-0.39, 0.29) is 11.8 Å². The summed E-state index contributed by atoms with van der Waals surface area (Å²) in [4.78, 5) is 2.39. The summed E-state index contributed by atoms with van der Waals surface area (Å²) in [7, 11) is 0. The fraction of sp³-hybridized carbons (Fsp3) is 0.625. The molecule has 0 saturated heterocycles. The lowest BCUT2D eigenvalue weighted by atomic mass is 10.1. The van der Waals surface area contributed by atoms with Crippen LogP contribution >= 0.6 is 0 Å². The number of halogens is 2. The molecule has 0 saturated carbocycles. The molecule has 0 bridgehead atoms. The van der Waals surface area contributed by atoms with Gasteiger partial charge in [0.15, 0.2) is 0 Å². The summed E-state index contributed by atoms with van der Waals surface area (Å²) in [6, 6.07) is 6.99. The summed E-state index contributed by atoms with van der Waals surface area (Å²) in [6.45, 7) is 7.83. The van der Waals surface area contributed by atoms with Crippen molar-refractivity contribution < 1.29 is 13.5 Å². The Hall–Kier alpha value is -1.20. The van der Waals surface area contributed by atoms with Crippen molar-refractivity contribution in [1.29, 1.82) is 0 Å². The van der Waals surface area contributed by atoms with Gasteiger partial charge in [-0.1, -0.05) is 26.0 Å². The molecule has 0 radical (unpaired) electrons. The van der Waals surface area contributed by atoms with Gasteiger partial charge in [-0.2, -0.15) is 8.78 Å². The van der Waals surface area contributed by atoms with Crippen molar-refractivity contribution in [2.75, 3.05) is 26.2 Å². The fourth-order valence-corrected chi connectivity index (χ4v) is 2.22. The van der Waals surface area contributed by atoms with Crippen LogP contribution in [-0.2, 0) is 0 Å². The zero-order chi connectivity index (χ0) is 15.7. The second-order valence-electron chi connectivity index (χ2n) is 5.00. The second-order valence-corrected chi connectivity index (χ2v) is 5.00.